The summed E-state index contributed by atoms with van der Waals surface area (Å²) in [6.45, 7) is 2.19. The van der Waals surface area contributed by atoms with E-state index in [2.05, 4.69) is 10.6 Å². The Morgan fingerprint density at radius 2 is 1.69 bits per heavy atom. The molecule has 7 heteroatoms. The number of amides is 1. The molecule has 0 aliphatic heterocycles. The molecule has 0 aliphatic carbocycles. The molecule has 0 spiro atoms. The number of benzene rings is 2. The van der Waals surface area contributed by atoms with E-state index in [0.717, 1.165) is 11.3 Å². The maximum absolute atomic E-state index is 12.4. The fraction of sp³-hybridized carbons (Fsp3) is 0.316. The van der Waals surface area contributed by atoms with Crippen molar-refractivity contribution in [3.63, 3.8) is 0 Å². The SMILES string of the molecule is COc1ccc(CNC(=O)[C@@H](C)Nc2cc(Cl)c(OC)cc2OC)cc1. The number of methoxy groups -OCH3 is 3. The van der Waals surface area contributed by atoms with Gasteiger partial charge in [0.1, 0.15) is 23.3 Å². The third kappa shape index (κ3) is 4.95. The highest BCUT2D eigenvalue weighted by molar-refractivity contribution is 6.32. The van der Waals surface area contributed by atoms with Gasteiger partial charge in [0.2, 0.25) is 5.91 Å². The zero-order chi connectivity index (χ0) is 19.1. The van der Waals surface area contributed by atoms with Gasteiger partial charge in [-0.2, -0.15) is 0 Å². The lowest BCUT2D eigenvalue weighted by atomic mass is 10.2. The van der Waals surface area contributed by atoms with Crippen molar-refractivity contribution in [2.24, 2.45) is 0 Å². The van der Waals surface area contributed by atoms with Crippen LogP contribution in [0.25, 0.3) is 0 Å². The number of anilines is 1. The van der Waals surface area contributed by atoms with Crippen LogP contribution in [-0.2, 0) is 11.3 Å². The smallest absolute Gasteiger partial charge is 0.242 e. The van der Waals surface area contributed by atoms with Crippen molar-refractivity contribution < 1.29 is 19.0 Å². The van der Waals surface area contributed by atoms with Gasteiger partial charge >= 0.3 is 0 Å². The highest BCUT2D eigenvalue weighted by Crippen LogP contribution is 2.36. The van der Waals surface area contributed by atoms with Crippen LogP contribution in [0.3, 0.4) is 0 Å². The summed E-state index contributed by atoms with van der Waals surface area (Å²) in [6, 6.07) is 10.4. The van der Waals surface area contributed by atoms with Gasteiger partial charge in [-0.05, 0) is 30.7 Å². The molecule has 1 amide bonds. The number of hydrogen-bond donors (Lipinski definition) is 2. The van der Waals surface area contributed by atoms with Gasteiger partial charge in [-0.1, -0.05) is 23.7 Å². The van der Waals surface area contributed by atoms with Crippen molar-refractivity contribution in [3.05, 3.63) is 47.0 Å². The van der Waals surface area contributed by atoms with Crippen molar-refractivity contribution >= 4 is 23.2 Å². The van der Waals surface area contributed by atoms with Gasteiger partial charge in [0, 0.05) is 12.6 Å². The van der Waals surface area contributed by atoms with Crippen molar-refractivity contribution in [3.8, 4) is 17.2 Å². The lowest BCUT2D eigenvalue weighted by Gasteiger charge is -2.18. The minimum atomic E-state index is -0.480. The molecule has 0 aliphatic rings. The highest BCUT2D eigenvalue weighted by atomic mass is 35.5. The van der Waals surface area contributed by atoms with E-state index >= 15 is 0 Å². The van der Waals surface area contributed by atoms with E-state index in [9.17, 15) is 4.79 Å². The maximum Gasteiger partial charge on any atom is 0.242 e. The summed E-state index contributed by atoms with van der Waals surface area (Å²) in [5, 5.41) is 6.43. The Morgan fingerprint density at radius 1 is 1.04 bits per heavy atom. The standard InChI is InChI=1S/C19H23ClN2O4/c1-12(19(23)21-11-13-5-7-14(24-2)8-6-13)22-16-9-15(20)17(25-3)10-18(16)26-4/h5-10,12,22H,11H2,1-4H3,(H,21,23)/t12-/m1/s1. The Balaban J connectivity index is 1.98. The van der Waals surface area contributed by atoms with E-state index < -0.39 is 6.04 Å². The first-order chi connectivity index (χ1) is 12.5. The molecule has 1 atom stereocenters. The largest absolute Gasteiger partial charge is 0.497 e. The number of carbonyl (C=O) groups excluding carboxylic acids is 1. The van der Waals surface area contributed by atoms with Gasteiger partial charge in [0.05, 0.1) is 32.0 Å². The number of halogens is 1. The Bertz CT molecular complexity index is 750. The summed E-state index contributed by atoms with van der Waals surface area (Å²) in [6.07, 6.45) is 0. The summed E-state index contributed by atoms with van der Waals surface area (Å²) in [5.74, 6) is 1.68. The van der Waals surface area contributed by atoms with Crippen LogP contribution in [0, 0.1) is 0 Å². The number of ether oxygens (including phenoxy) is 3. The number of carbonyl (C=O) groups is 1. The zero-order valence-electron chi connectivity index (χ0n) is 15.3. The predicted molar refractivity (Wildman–Crippen MR) is 102 cm³/mol. The molecule has 0 fully saturated rings. The van der Waals surface area contributed by atoms with Gasteiger partial charge in [-0.25, -0.2) is 0 Å². The molecule has 0 unspecified atom stereocenters. The molecule has 2 N–H and O–H groups in total. The summed E-state index contributed by atoms with van der Waals surface area (Å²) in [4.78, 5) is 12.4. The van der Waals surface area contributed by atoms with Crippen LogP contribution >= 0.6 is 11.6 Å². The second kappa shape index (κ2) is 9.20. The number of rotatable bonds is 8. The summed E-state index contributed by atoms with van der Waals surface area (Å²) >= 11 is 6.16. The quantitative estimate of drug-likeness (QED) is 0.736. The van der Waals surface area contributed by atoms with Crippen LogP contribution in [0.1, 0.15) is 12.5 Å². The van der Waals surface area contributed by atoms with Gasteiger partial charge in [-0.15, -0.1) is 0 Å². The molecule has 2 aromatic carbocycles. The van der Waals surface area contributed by atoms with E-state index in [-0.39, 0.29) is 5.91 Å². The zero-order valence-corrected chi connectivity index (χ0v) is 16.0. The summed E-state index contributed by atoms with van der Waals surface area (Å²) in [5.41, 5.74) is 1.60. The van der Waals surface area contributed by atoms with Crippen LogP contribution in [0.2, 0.25) is 5.02 Å². The average molecular weight is 379 g/mol. The third-order valence-corrected chi connectivity index (χ3v) is 4.16. The Hall–Kier alpha value is -2.60. The van der Waals surface area contributed by atoms with Crippen molar-refractivity contribution in [2.45, 2.75) is 19.5 Å². The van der Waals surface area contributed by atoms with E-state index in [1.54, 1.807) is 33.3 Å². The van der Waals surface area contributed by atoms with Gasteiger partial charge in [0.25, 0.3) is 0 Å². The second-order valence-corrected chi connectivity index (χ2v) is 6.03. The van der Waals surface area contributed by atoms with E-state index in [1.807, 2.05) is 24.3 Å². The molecule has 0 saturated heterocycles. The highest BCUT2D eigenvalue weighted by Gasteiger charge is 2.16. The van der Waals surface area contributed by atoms with E-state index in [0.29, 0.717) is 28.8 Å². The normalized spacial score (nSPS) is 11.4. The molecule has 0 radical (unpaired) electrons. The fourth-order valence-corrected chi connectivity index (χ4v) is 2.60. The van der Waals surface area contributed by atoms with Crippen LogP contribution in [0.15, 0.2) is 36.4 Å². The van der Waals surface area contributed by atoms with E-state index in [4.69, 9.17) is 25.8 Å². The molecular formula is C19H23ClN2O4. The van der Waals surface area contributed by atoms with Crippen LogP contribution in [0.5, 0.6) is 17.2 Å². The Labute approximate surface area is 158 Å². The molecule has 6 nitrogen and oxygen atoms in total. The molecule has 140 valence electrons. The minimum absolute atomic E-state index is 0.144. The van der Waals surface area contributed by atoms with Crippen molar-refractivity contribution in [1.82, 2.24) is 5.32 Å². The monoisotopic (exact) mass is 378 g/mol. The average Bonchev–Trinajstić information content (AvgIpc) is 2.66. The molecule has 0 aromatic heterocycles. The van der Waals surface area contributed by atoms with Crippen molar-refractivity contribution in [2.75, 3.05) is 26.6 Å². The van der Waals surface area contributed by atoms with Gasteiger partial charge < -0.3 is 24.8 Å². The first-order valence-corrected chi connectivity index (χ1v) is 8.45. The fourth-order valence-electron chi connectivity index (χ4n) is 2.36. The molecule has 26 heavy (non-hydrogen) atoms. The Morgan fingerprint density at radius 3 is 2.27 bits per heavy atom. The second-order valence-electron chi connectivity index (χ2n) is 5.62. The lowest BCUT2D eigenvalue weighted by molar-refractivity contribution is -0.121. The summed E-state index contributed by atoms with van der Waals surface area (Å²) in [7, 11) is 4.69. The number of hydrogen-bond acceptors (Lipinski definition) is 5. The number of nitrogens with one attached hydrogen (secondary N) is 2. The molecular weight excluding hydrogens is 356 g/mol. The third-order valence-electron chi connectivity index (χ3n) is 3.87. The molecule has 0 saturated carbocycles. The van der Waals surface area contributed by atoms with Crippen LogP contribution in [0.4, 0.5) is 5.69 Å². The maximum atomic E-state index is 12.4. The van der Waals surface area contributed by atoms with Crippen LogP contribution < -0.4 is 24.8 Å². The van der Waals surface area contributed by atoms with Gasteiger partial charge in [0.15, 0.2) is 0 Å². The molecule has 0 bridgehead atoms. The van der Waals surface area contributed by atoms with E-state index in [1.165, 1.54) is 7.11 Å². The molecule has 2 rings (SSSR count). The minimum Gasteiger partial charge on any atom is -0.497 e. The van der Waals surface area contributed by atoms with Gasteiger partial charge in [-0.3, -0.25) is 4.79 Å². The lowest BCUT2D eigenvalue weighted by Crippen LogP contribution is -2.37. The molecule has 0 heterocycles. The van der Waals surface area contributed by atoms with Crippen LogP contribution in [-0.4, -0.2) is 33.3 Å². The van der Waals surface area contributed by atoms with Crippen molar-refractivity contribution in [1.29, 1.82) is 0 Å². The predicted octanol–water partition coefficient (Wildman–Crippen LogP) is 3.48. The topological polar surface area (TPSA) is 68.8 Å². The Kier molecular flexibility index (Phi) is 6.97. The first kappa shape index (κ1) is 19.7. The first-order valence-electron chi connectivity index (χ1n) is 8.07. The summed E-state index contributed by atoms with van der Waals surface area (Å²) < 4.78 is 15.6. The molecule has 2 aromatic rings.